The quantitative estimate of drug-likeness (QED) is 0.776. The molecule has 0 aliphatic rings. The summed E-state index contributed by atoms with van der Waals surface area (Å²) >= 11 is 0. The fourth-order valence-corrected chi connectivity index (χ4v) is 1.14. The maximum Gasteiger partial charge on any atom is 0.122 e. The van der Waals surface area contributed by atoms with Gasteiger partial charge in [0.2, 0.25) is 0 Å². The van der Waals surface area contributed by atoms with Crippen LogP contribution in [-0.4, -0.2) is 28.9 Å². The second kappa shape index (κ2) is 5.82. The Morgan fingerprint density at radius 2 is 2.06 bits per heavy atom. The van der Waals surface area contributed by atoms with Crippen molar-refractivity contribution in [3.8, 4) is 5.75 Å². The Morgan fingerprint density at radius 3 is 2.69 bits per heavy atom. The summed E-state index contributed by atoms with van der Waals surface area (Å²) in [5.41, 5.74) is 0.465. The number of aliphatic hydroxyl groups excluding tert-OH is 1. The third-order valence-electron chi connectivity index (χ3n) is 1.84. The number of pyridine rings is 1. The molecule has 0 amide bonds. The zero-order valence-electron chi connectivity index (χ0n) is 10.1. The van der Waals surface area contributed by atoms with Crippen molar-refractivity contribution in [2.75, 3.05) is 13.2 Å². The number of nitrogens with zero attached hydrogens (tertiary/aromatic N) is 1. The number of hydrogen-bond acceptors (Lipinski definition) is 4. The first-order valence-corrected chi connectivity index (χ1v) is 5.34. The van der Waals surface area contributed by atoms with Crippen molar-refractivity contribution in [3.05, 3.63) is 24.0 Å². The largest absolute Gasteiger partial charge is 0.491 e. The van der Waals surface area contributed by atoms with Gasteiger partial charge in [0.15, 0.2) is 0 Å². The molecule has 4 nitrogen and oxygen atoms in total. The molecule has 0 aliphatic heterocycles. The Balaban J connectivity index is 2.32. The second-order valence-corrected chi connectivity index (χ2v) is 4.45. The molecule has 0 unspecified atom stereocenters. The van der Waals surface area contributed by atoms with Gasteiger partial charge in [-0.1, -0.05) is 0 Å². The van der Waals surface area contributed by atoms with E-state index in [4.69, 9.17) is 14.6 Å². The predicted molar refractivity (Wildman–Crippen MR) is 61.4 cm³/mol. The molecule has 90 valence electrons. The summed E-state index contributed by atoms with van der Waals surface area (Å²) < 4.78 is 11.0. The molecule has 0 fully saturated rings. The third-order valence-corrected chi connectivity index (χ3v) is 1.84. The van der Waals surface area contributed by atoms with Crippen LogP contribution in [0.15, 0.2) is 18.3 Å². The first-order valence-electron chi connectivity index (χ1n) is 5.34. The number of aliphatic hydroxyl groups is 1. The lowest BCUT2D eigenvalue weighted by Gasteiger charge is -2.19. The fourth-order valence-electron chi connectivity index (χ4n) is 1.14. The minimum atomic E-state index is -0.141. The first kappa shape index (κ1) is 12.9. The highest BCUT2D eigenvalue weighted by Gasteiger charge is 2.09. The van der Waals surface area contributed by atoms with E-state index >= 15 is 0 Å². The van der Waals surface area contributed by atoms with Crippen molar-refractivity contribution in [2.24, 2.45) is 0 Å². The van der Waals surface area contributed by atoms with Gasteiger partial charge in [-0.05, 0) is 26.8 Å². The molecule has 0 bridgehead atoms. The Kier molecular flexibility index (Phi) is 4.71. The van der Waals surface area contributed by atoms with Gasteiger partial charge in [0, 0.05) is 12.3 Å². The van der Waals surface area contributed by atoms with E-state index in [1.165, 1.54) is 0 Å². The molecule has 1 aromatic heterocycles. The van der Waals surface area contributed by atoms with Crippen LogP contribution in [0.3, 0.4) is 0 Å². The maximum atomic E-state index is 8.90. The first-order chi connectivity index (χ1) is 7.51. The molecular formula is C12H19NO3. The van der Waals surface area contributed by atoms with Gasteiger partial charge in [-0.25, -0.2) is 0 Å². The van der Waals surface area contributed by atoms with Gasteiger partial charge >= 0.3 is 0 Å². The van der Waals surface area contributed by atoms with E-state index in [2.05, 4.69) is 4.98 Å². The summed E-state index contributed by atoms with van der Waals surface area (Å²) in [5.74, 6) is 0.705. The number of aromatic nitrogens is 1. The third kappa shape index (κ3) is 5.09. The van der Waals surface area contributed by atoms with Gasteiger partial charge in [-0.2, -0.15) is 0 Å². The van der Waals surface area contributed by atoms with E-state index in [1.54, 1.807) is 18.3 Å². The van der Waals surface area contributed by atoms with Crippen LogP contribution in [0.1, 0.15) is 26.5 Å². The summed E-state index contributed by atoms with van der Waals surface area (Å²) in [5, 5.41) is 8.90. The normalized spacial score (nSPS) is 11.5. The number of rotatable bonds is 5. The van der Waals surface area contributed by atoms with Crippen LogP contribution in [-0.2, 0) is 11.3 Å². The molecule has 1 rings (SSSR count). The van der Waals surface area contributed by atoms with Crippen LogP contribution < -0.4 is 4.74 Å². The van der Waals surface area contributed by atoms with Crippen molar-refractivity contribution in [1.82, 2.24) is 4.98 Å². The minimum absolute atomic E-state index is 0.0737. The highest BCUT2D eigenvalue weighted by Crippen LogP contribution is 2.11. The highest BCUT2D eigenvalue weighted by molar-refractivity contribution is 5.22. The van der Waals surface area contributed by atoms with Crippen molar-refractivity contribution >= 4 is 0 Å². The molecule has 1 heterocycles. The van der Waals surface area contributed by atoms with Crippen molar-refractivity contribution < 1.29 is 14.6 Å². The van der Waals surface area contributed by atoms with Gasteiger partial charge in [0.05, 0.1) is 24.5 Å². The highest BCUT2D eigenvalue weighted by atomic mass is 16.5. The number of ether oxygens (including phenoxy) is 2. The average Bonchev–Trinajstić information content (AvgIpc) is 2.23. The summed E-state index contributed by atoms with van der Waals surface area (Å²) in [6.45, 7) is 6.97. The van der Waals surface area contributed by atoms with Crippen LogP contribution >= 0.6 is 0 Å². The van der Waals surface area contributed by atoms with Gasteiger partial charge in [0.1, 0.15) is 12.4 Å². The van der Waals surface area contributed by atoms with Gasteiger partial charge < -0.3 is 14.6 Å². The Hall–Kier alpha value is -1.13. The minimum Gasteiger partial charge on any atom is -0.491 e. The molecule has 0 aromatic carbocycles. The molecule has 4 heteroatoms. The van der Waals surface area contributed by atoms with Crippen molar-refractivity contribution in [1.29, 1.82) is 0 Å². The summed E-state index contributed by atoms with van der Waals surface area (Å²) in [6.07, 6.45) is 1.62. The summed E-state index contributed by atoms with van der Waals surface area (Å²) in [7, 11) is 0. The van der Waals surface area contributed by atoms with Crippen molar-refractivity contribution in [2.45, 2.75) is 33.0 Å². The smallest absolute Gasteiger partial charge is 0.122 e. The molecule has 0 radical (unpaired) electrons. The van der Waals surface area contributed by atoms with E-state index in [-0.39, 0.29) is 12.2 Å². The maximum absolute atomic E-state index is 8.90. The lowest BCUT2D eigenvalue weighted by atomic mass is 10.2. The molecular weight excluding hydrogens is 206 g/mol. The van der Waals surface area contributed by atoms with Crippen molar-refractivity contribution in [3.63, 3.8) is 0 Å². The van der Waals surface area contributed by atoms with Gasteiger partial charge in [0.25, 0.3) is 0 Å². The van der Waals surface area contributed by atoms with Crippen LogP contribution in [0.5, 0.6) is 5.75 Å². The second-order valence-electron chi connectivity index (χ2n) is 4.45. The van der Waals surface area contributed by atoms with Crippen LogP contribution in [0.25, 0.3) is 0 Å². The Labute approximate surface area is 96.2 Å². The number of hydrogen-bond donors (Lipinski definition) is 1. The van der Waals surface area contributed by atoms with E-state index in [9.17, 15) is 0 Å². The Morgan fingerprint density at radius 1 is 1.31 bits per heavy atom. The molecule has 0 spiro atoms. The molecule has 0 aliphatic carbocycles. The van der Waals surface area contributed by atoms with Gasteiger partial charge in [-0.15, -0.1) is 0 Å². The zero-order chi connectivity index (χ0) is 12.0. The lowest BCUT2D eigenvalue weighted by molar-refractivity contribution is -0.0163. The summed E-state index contributed by atoms with van der Waals surface area (Å²) in [4.78, 5) is 3.96. The van der Waals surface area contributed by atoms with E-state index < -0.39 is 0 Å². The molecule has 1 aromatic rings. The zero-order valence-corrected chi connectivity index (χ0v) is 10.1. The van der Waals surface area contributed by atoms with E-state index in [0.29, 0.717) is 24.7 Å². The molecule has 0 saturated heterocycles. The molecule has 0 atom stereocenters. The molecule has 0 saturated carbocycles. The Bertz CT molecular complexity index is 320. The van der Waals surface area contributed by atoms with E-state index in [1.807, 2.05) is 20.8 Å². The SMILES string of the molecule is CC(C)(C)OCCOc1ccnc(CO)c1. The van der Waals surface area contributed by atoms with E-state index in [0.717, 1.165) is 0 Å². The predicted octanol–water partition coefficient (Wildman–Crippen LogP) is 1.77. The van der Waals surface area contributed by atoms with Gasteiger partial charge in [-0.3, -0.25) is 4.98 Å². The van der Waals surface area contributed by atoms with Crippen LogP contribution in [0.2, 0.25) is 0 Å². The molecule has 16 heavy (non-hydrogen) atoms. The standard InChI is InChI=1S/C12H19NO3/c1-12(2,3)16-7-6-15-11-4-5-13-10(8-11)9-14/h4-5,8,14H,6-7,9H2,1-3H3. The summed E-state index contributed by atoms with van der Waals surface area (Å²) in [6, 6.07) is 3.48. The topological polar surface area (TPSA) is 51.6 Å². The average molecular weight is 225 g/mol. The van der Waals surface area contributed by atoms with Crippen LogP contribution in [0.4, 0.5) is 0 Å². The lowest BCUT2D eigenvalue weighted by Crippen LogP contribution is -2.22. The molecule has 1 N–H and O–H groups in total. The monoisotopic (exact) mass is 225 g/mol. The fraction of sp³-hybridized carbons (Fsp3) is 0.583. The van der Waals surface area contributed by atoms with Crippen LogP contribution in [0, 0.1) is 0 Å².